The molecule has 0 radical (unpaired) electrons. The van der Waals surface area contributed by atoms with Crippen LogP contribution in [0.15, 0.2) is 18.2 Å². The number of nitrogens with two attached hydrogens (primary N) is 1. The Hall–Kier alpha value is -1.95. The van der Waals surface area contributed by atoms with Gasteiger partial charge in [0.1, 0.15) is 5.82 Å². The fraction of sp³-hybridized carbons (Fsp3) is 0.333. The highest BCUT2D eigenvalue weighted by molar-refractivity contribution is 6.02. The minimum atomic E-state index is -1.24. The van der Waals surface area contributed by atoms with E-state index in [1.54, 1.807) is 0 Å². The minimum absolute atomic E-state index is 0.0842. The molecule has 1 atom stereocenters. The van der Waals surface area contributed by atoms with Gasteiger partial charge in [-0.15, -0.1) is 0 Å². The van der Waals surface area contributed by atoms with Crippen molar-refractivity contribution in [2.75, 3.05) is 5.32 Å². The van der Waals surface area contributed by atoms with E-state index in [0.29, 0.717) is 6.42 Å². The van der Waals surface area contributed by atoms with Crippen LogP contribution < -0.4 is 11.1 Å². The summed E-state index contributed by atoms with van der Waals surface area (Å²) in [6.07, 6.45) is 1.20. The molecule has 0 aliphatic heterocycles. The van der Waals surface area contributed by atoms with Crippen LogP contribution in [0.1, 0.15) is 30.1 Å². The smallest absolute Gasteiger partial charge is 0.337 e. The van der Waals surface area contributed by atoms with E-state index in [4.69, 9.17) is 10.8 Å². The number of carboxylic acid groups (broad SMARTS) is 1. The molecule has 0 aliphatic carbocycles. The Morgan fingerprint density at radius 1 is 1.50 bits per heavy atom. The van der Waals surface area contributed by atoms with E-state index in [1.165, 1.54) is 0 Å². The number of benzene rings is 1. The van der Waals surface area contributed by atoms with Crippen molar-refractivity contribution in [2.45, 2.75) is 25.8 Å². The lowest BCUT2D eigenvalue weighted by molar-refractivity contribution is -0.117. The maximum atomic E-state index is 13.0. The van der Waals surface area contributed by atoms with Crippen molar-refractivity contribution in [2.24, 2.45) is 5.73 Å². The van der Waals surface area contributed by atoms with Gasteiger partial charge < -0.3 is 16.2 Å². The molecule has 1 aromatic carbocycles. The van der Waals surface area contributed by atoms with Crippen molar-refractivity contribution >= 4 is 17.6 Å². The molecule has 18 heavy (non-hydrogen) atoms. The van der Waals surface area contributed by atoms with Gasteiger partial charge in [-0.3, -0.25) is 4.79 Å². The van der Waals surface area contributed by atoms with Crippen LogP contribution >= 0.6 is 0 Å². The highest BCUT2D eigenvalue weighted by Crippen LogP contribution is 2.17. The normalized spacial score (nSPS) is 11.9. The fourth-order valence-electron chi connectivity index (χ4n) is 1.47. The van der Waals surface area contributed by atoms with Crippen LogP contribution in [-0.2, 0) is 4.79 Å². The zero-order chi connectivity index (χ0) is 13.7. The molecule has 1 unspecified atom stereocenters. The summed E-state index contributed by atoms with van der Waals surface area (Å²) in [5.74, 6) is -2.39. The largest absolute Gasteiger partial charge is 0.478 e. The Morgan fingerprint density at radius 2 is 2.17 bits per heavy atom. The first-order valence-electron chi connectivity index (χ1n) is 5.55. The van der Waals surface area contributed by atoms with Crippen molar-refractivity contribution in [3.8, 4) is 0 Å². The third-order valence-corrected chi connectivity index (χ3v) is 2.41. The summed E-state index contributed by atoms with van der Waals surface area (Å²) in [4.78, 5) is 22.5. The predicted octanol–water partition coefficient (Wildman–Crippen LogP) is 1.59. The Labute approximate surface area is 104 Å². The number of hydrogen-bond acceptors (Lipinski definition) is 3. The molecule has 0 bridgehead atoms. The number of carbonyl (C=O) groups excluding carboxylic acids is 1. The predicted molar refractivity (Wildman–Crippen MR) is 64.9 cm³/mol. The number of rotatable bonds is 5. The second kappa shape index (κ2) is 6.11. The molecule has 1 amide bonds. The van der Waals surface area contributed by atoms with E-state index >= 15 is 0 Å². The van der Waals surface area contributed by atoms with Gasteiger partial charge in [0.2, 0.25) is 5.91 Å². The third-order valence-electron chi connectivity index (χ3n) is 2.41. The Bertz CT molecular complexity index is 463. The number of halogens is 1. The van der Waals surface area contributed by atoms with Gasteiger partial charge in [-0.05, 0) is 24.6 Å². The molecule has 4 N–H and O–H groups in total. The van der Waals surface area contributed by atoms with Crippen LogP contribution in [0.4, 0.5) is 10.1 Å². The maximum absolute atomic E-state index is 13.0. The maximum Gasteiger partial charge on any atom is 0.337 e. The minimum Gasteiger partial charge on any atom is -0.478 e. The number of carbonyl (C=O) groups is 2. The van der Waals surface area contributed by atoms with E-state index in [1.807, 2.05) is 6.92 Å². The first-order chi connectivity index (χ1) is 8.45. The molecule has 0 saturated carbocycles. The molecule has 6 heteroatoms. The summed E-state index contributed by atoms with van der Waals surface area (Å²) < 4.78 is 13.0. The number of carboxylic acids is 1. The van der Waals surface area contributed by atoms with Crippen molar-refractivity contribution in [1.82, 2.24) is 0 Å². The molecule has 0 spiro atoms. The van der Waals surface area contributed by atoms with E-state index in [-0.39, 0.29) is 11.3 Å². The lowest BCUT2D eigenvalue weighted by Crippen LogP contribution is -2.35. The number of anilines is 1. The van der Waals surface area contributed by atoms with Crippen molar-refractivity contribution < 1.29 is 19.1 Å². The third kappa shape index (κ3) is 3.53. The monoisotopic (exact) mass is 254 g/mol. The van der Waals surface area contributed by atoms with Gasteiger partial charge in [-0.1, -0.05) is 13.3 Å². The van der Waals surface area contributed by atoms with Gasteiger partial charge >= 0.3 is 5.97 Å². The molecule has 0 aliphatic rings. The SMILES string of the molecule is CCCC(N)C(=O)Nc1cc(F)ccc1C(=O)O. The summed E-state index contributed by atoms with van der Waals surface area (Å²) in [6.45, 7) is 1.87. The first-order valence-corrected chi connectivity index (χ1v) is 5.55. The standard InChI is InChI=1S/C12H15FN2O3/c1-2-3-9(14)11(16)15-10-6-7(13)4-5-8(10)12(17)18/h4-6,9H,2-3,14H2,1H3,(H,15,16)(H,17,18). The van der Waals surface area contributed by atoms with Gasteiger partial charge in [0.15, 0.2) is 0 Å². The van der Waals surface area contributed by atoms with Crippen LogP contribution in [0, 0.1) is 5.82 Å². The van der Waals surface area contributed by atoms with Gasteiger partial charge in [0, 0.05) is 0 Å². The Morgan fingerprint density at radius 3 is 2.72 bits per heavy atom. The molecule has 5 nitrogen and oxygen atoms in total. The van der Waals surface area contributed by atoms with E-state index in [2.05, 4.69) is 5.32 Å². The topological polar surface area (TPSA) is 92.4 Å². The lowest BCUT2D eigenvalue weighted by atomic mass is 10.1. The number of amides is 1. The fourth-order valence-corrected chi connectivity index (χ4v) is 1.47. The average Bonchev–Trinajstić information content (AvgIpc) is 2.28. The van der Waals surface area contributed by atoms with Crippen LogP contribution in [0.5, 0.6) is 0 Å². The van der Waals surface area contributed by atoms with Crippen LogP contribution in [-0.4, -0.2) is 23.0 Å². The molecule has 0 aromatic heterocycles. The zero-order valence-electron chi connectivity index (χ0n) is 9.94. The molecular formula is C12H15FN2O3. The number of hydrogen-bond donors (Lipinski definition) is 3. The van der Waals surface area contributed by atoms with E-state index < -0.39 is 23.7 Å². The van der Waals surface area contributed by atoms with Gasteiger partial charge in [-0.2, -0.15) is 0 Å². The van der Waals surface area contributed by atoms with Crippen LogP contribution in [0.3, 0.4) is 0 Å². The highest BCUT2D eigenvalue weighted by Gasteiger charge is 2.17. The molecular weight excluding hydrogens is 239 g/mol. The van der Waals surface area contributed by atoms with E-state index in [0.717, 1.165) is 24.6 Å². The lowest BCUT2D eigenvalue weighted by Gasteiger charge is -2.12. The van der Waals surface area contributed by atoms with Gasteiger partial charge in [0.05, 0.1) is 17.3 Å². The molecule has 1 rings (SSSR count). The second-order valence-electron chi connectivity index (χ2n) is 3.88. The summed E-state index contributed by atoms with van der Waals surface area (Å²) in [5, 5.41) is 11.2. The zero-order valence-corrected chi connectivity index (χ0v) is 9.94. The van der Waals surface area contributed by atoms with Gasteiger partial charge in [0.25, 0.3) is 0 Å². The van der Waals surface area contributed by atoms with Gasteiger partial charge in [-0.25, -0.2) is 9.18 Å². The molecule has 0 saturated heterocycles. The average molecular weight is 254 g/mol. The highest BCUT2D eigenvalue weighted by atomic mass is 19.1. The Balaban J connectivity index is 2.92. The summed E-state index contributed by atoms with van der Waals surface area (Å²) in [6, 6.07) is 2.34. The summed E-state index contributed by atoms with van der Waals surface area (Å²) in [7, 11) is 0. The molecule has 0 heterocycles. The molecule has 0 fully saturated rings. The number of aromatic carboxylic acids is 1. The summed E-state index contributed by atoms with van der Waals surface area (Å²) in [5.41, 5.74) is 5.33. The van der Waals surface area contributed by atoms with E-state index in [9.17, 15) is 14.0 Å². The van der Waals surface area contributed by atoms with Crippen LogP contribution in [0.2, 0.25) is 0 Å². The van der Waals surface area contributed by atoms with Crippen molar-refractivity contribution in [3.05, 3.63) is 29.6 Å². The van der Waals surface area contributed by atoms with Crippen LogP contribution in [0.25, 0.3) is 0 Å². The van der Waals surface area contributed by atoms with Crippen molar-refractivity contribution in [3.63, 3.8) is 0 Å². The quantitative estimate of drug-likeness (QED) is 0.744. The molecule has 98 valence electrons. The first kappa shape index (κ1) is 14.1. The Kier molecular flexibility index (Phi) is 4.79. The second-order valence-corrected chi connectivity index (χ2v) is 3.88. The van der Waals surface area contributed by atoms with Crippen molar-refractivity contribution in [1.29, 1.82) is 0 Å². The summed E-state index contributed by atoms with van der Waals surface area (Å²) >= 11 is 0. The number of nitrogens with one attached hydrogen (secondary N) is 1. The molecule has 1 aromatic rings.